The molecule has 0 N–H and O–H groups in total. The highest BCUT2D eigenvalue weighted by Gasteiger charge is 2.33. The molecule has 2 aromatic rings. The van der Waals surface area contributed by atoms with Crippen LogP contribution in [0.1, 0.15) is 183 Å². The Labute approximate surface area is 265 Å². The van der Waals surface area contributed by atoms with E-state index in [1.54, 1.807) is 32.9 Å². The second-order valence-electron chi connectivity index (χ2n) is 18.7. The van der Waals surface area contributed by atoms with Gasteiger partial charge in [-0.3, -0.25) is 0 Å². The standard InChI is InChI=1S/C40H64P2/c1-35(2,3)27-23-29(37(7,8)9)33-31(25-27)39(13,14)21-19-17-18-20-22-40(15,16)32-26-28(36(4,5)6)24-30(38(10,11)12)34(32)42-41-33/h23-26H,17-22H2,1-16H3. The van der Waals surface area contributed by atoms with Crippen molar-refractivity contribution in [1.82, 2.24) is 0 Å². The van der Waals surface area contributed by atoms with E-state index in [1.807, 2.05) is 0 Å². The van der Waals surface area contributed by atoms with E-state index in [9.17, 15) is 0 Å². The Bertz CT molecular complexity index is 1190. The van der Waals surface area contributed by atoms with Crippen molar-refractivity contribution in [1.29, 1.82) is 0 Å². The summed E-state index contributed by atoms with van der Waals surface area (Å²) in [5.74, 6) is 0. The summed E-state index contributed by atoms with van der Waals surface area (Å²) in [5, 5.41) is 3.17. The van der Waals surface area contributed by atoms with E-state index >= 15 is 0 Å². The van der Waals surface area contributed by atoms with Crippen LogP contribution in [0, 0.1) is 0 Å². The molecule has 0 amide bonds. The third kappa shape index (κ3) is 8.19. The van der Waals surface area contributed by atoms with Crippen LogP contribution >= 0.6 is 15.7 Å². The molecule has 0 nitrogen and oxygen atoms in total. The Hall–Kier alpha value is -0.960. The van der Waals surface area contributed by atoms with Crippen molar-refractivity contribution < 1.29 is 0 Å². The van der Waals surface area contributed by atoms with Gasteiger partial charge in [0, 0.05) is 10.6 Å². The third-order valence-electron chi connectivity index (χ3n) is 9.63. The maximum Gasteiger partial charge on any atom is 0.0138 e. The van der Waals surface area contributed by atoms with E-state index in [0.29, 0.717) is 0 Å². The molecule has 234 valence electrons. The van der Waals surface area contributed by atoms with Crippen molar-refractivity contribution in [3.05, 3.63) is 57.6 Å². The molecule has 1 aliphatic heterocycles. The first-order chi connectivity index (χ1) is 18.9. The molecule has 0 bridgehead atoms. The molecule has 0 fully saturated rings. The summed E-state index contributed by atoms with van der Waals surface area (Å²) in [5.41, 5.74) is 9.95. The predicted octanol–water partition coefficient (Wildman–Crippen LogP) is 12.5. The molecule has 42 heavy (non-hydrogen) atoms. The lowest BCUT2D eigenvalue weighted by Crippen LogP contribution is -2.32. The summed E-state index contributed by atoms with van der Waals surface area (Å²) >= 11 is 0. The molecular formula is C40H64P2. The van der Waals surface area contributed by atoms with E-state index in [-0.39, 0.29) is 32.5 Å². The highest BCUT2D eigenvalue weighted by molar-refractivity contribution is 7.91. The Balaban J connectivity index is 2.53. The van der Waals surface area contributed by atoms with Gasteiger partial charge in [0.2, 0.25) is 0 Å². The average molecular weight is 607 g/mol. The first-order valence-electron chi connectivity index (χ1n) is 16.7. The number of rotatable bonds is 0. The molecule has 0 aromatic heterocycles. The molecule has 0 unspecified atom stereocenters. The van der Waals surface area contributed by atoms with Crippen LogP contribution in [0.15, 0.2) is 24.3 Å². The summed E-state index contributed by atoms with van der Waals surface area (Å²) in [6, 6.07) is 10.4. The summed E-state index contributed by atoms with van der Waals surface area (Å²) < 4.78 is 0. The van der Waals surface area contributed by atoms with Gasteiger partial charge in [-0.25, -0.2) is 0 Å². The molecule has 0 aliphatic carbocycles. The van der Waals surface area contributed by atoms with Gasteiger partial charge in [0.05, 0.1) is 0 Å². The molecule has 0 radical (unpaired) electrons. The van der Waals surface area contributed by atoms with Crippen LogP contribution in [0.5, 0.6) is 0 Å². The average Bonchev–Trinajstić information content (AvgIpc) is 2.80. The topological polar surface area (TPSA) is 0 Å². The van der Waals surface area contributed by atoms with Crippen LogP contribution in [0.2, 0.25) is 0 Å². The zero-order valence-electron chi connectivity index (χ0n) is 30.4. The van der Waals surface area contributed by atoms with Gasteiger partial charge in [-0.15, -0.1) is 0 Å². The number of hydrogen-bond donors (Lipinski definition) is 0. The largest absolute Gasteiger partial charge is 0.0561 e. The zero-order valence-corrected chi connectivity index (χ0v) is 32.2. The molecule has 1 aliphatic rings. The van der Waals surface area contributed by atoms with Crippen molar-refractivity contribution in [2.45, 2.75) is 182 Å². The highest BCUT2D eigenvalue weighted by atomic mass is 31.7. The lowest BCUT2D eigenvalue weighted by Gasteiger charge is -2.36. The molecule has 0 saturated heterocycles. The van der Waals surface area contributed by atoms with Crippen LogP contribution < -0.4 is 10.6 Å². The van der Waals surface area contributed by atoms with Gasteiger partial charge in [-0.05, 0) is 94.4 Å². The van der Waals surface area contributed by atoms with Crippen LogP contribution in [0.4, 0.5) is 0 Å². The van der Waals surface area contributed by atoms with Crippen LogP contribution in [-0.4, -0.2) is 0 Å². The Morgan fingerprint density at radius 1 is 0.452 bits per heavy atom. The SMILES string of the molecule is CC(C)(C)c1cc(C(C)(C)C)c2c(c1)C(C)(C)CCCCCCC(C)(C)c1cc(C(C)(C)C)cc(C(C)(C)C)c1P=P2. The third-order valence-corrected chi connectivity index (χ3v) is 12.6. The zero-order chi connectivity index (χ0) is 32.1. The van der Waals surface area contributed by atoms with Crippen molar-refractivity contribution in [2.24, 2.45) is 0 Å². The van der Waals surface area contributed by atoms with E-state index in [0.717, 1.165) is 0 Å². The van der Waals surface area contributed by atoms with Crippen molar-refractivity contribution in [3.8, 4) is 0 Å². The van der Waals surface area contributed by atoms with Crippen LogP contribution in [0.25, 0.3) is 0 Å². The number of hydrogen-bond acceptors (Lipinski definition) is 0. The lowest BCUT2D eigenvalue weighted by molar-refractivity contribution is 0.418. The second kappa shape index (κ2) is 12.1. The maximum absolute atomic E-state index is 2.61. The van der Waals surface area contributed by atoms with E-state index in [4.69, 9.17) is 0 Å². The summed E-state index contributed by atoms with van der Waals surface area (Å²) in [6.07, 6.45) is 7.80. The minimum absolute atomic E-state index is 0.0838. The summed E-state index contributed by atoms with van der Waals surface area (Å²) in [6.45, 7) is 38.9. The molecule has 0 spiro atoms. The van der Waals surface area contributed by atoms with E-state index in [2.05, 4.69) is 135 Å². The van der Waals surface area contributed by atoms with Gasteiger partial charge in [0.15, 0.2) is 0 Å². The Kier molecular flexibility index (Phi) is 10.2. The van der Waals surface area contributed by atoms with Gasteiger partial charge in [0.1, 0.15) is 0 Å². The molecule has 0 saturated carbocycles. The first-order valence-corrected chi connectivity index (χ1v) is 19.2. The fourth-order valence-electron chi connectivity index (χ4n) is 6.38. The van der Waals surface area contributed by atoms with Crippen molar-refractivity contribution >= 4 is 26.3 Å². The minimum atomic E-state index is 0.0838. The molecule has 3 rings (SSSR count). The fourth-order valence-corrected chi connectivity index (χ4v) is 10.4. The predicted molar refractivity (Wildman–Crippen MR) is 195 cm³/mol. The molecule has 2 aromatic carbocycles. The normalized spacial score (nSPS) is 19.4. The lowest BCUT2D eigenvalue weighted by atomic mass is 9.72. The maximum atomic E-state index is 2.61. The molecular weight excluding hydrogens is 542 g/mol. The fraction of sp³-hybridized carbons (Fsp3) is 0.700. The number of fused-ring (bicyclic) bond motifs is 2. The van der Waals surface area contributed by atoms with Gasteiger partial charge in [-0.1, -0.05) is 161 Å². The minimum Gasteiger partial charge on any atom is -0.0561 e. The second-order valence-corrected chi connectivity index (χ2v) is 21.2. The highest BCUT2D eigenvalue weighted by Crippen LogP contribution is 2.43. The first kappa shape index (κ1) is 35.5. The van der Waals surface area contributed by atoms with E-state index < -0.39 is 0 Å². The monoisotopic (exact) mass is 606 g/mol. The van der Waals surface area contributed by atoms with Crippen molar-refractivity contribution in [3.63, 3.8) is 0 Å². The Morgan fingerprint density at radius 3 is 1.02 bits per heavy atom. The van der Waals surface area contributed by atoms with Crippen molar-refractivity contribution in [2.75, 3.05) is 0 Å². The molecule has 2 heteroatoms. The van der Waals surface area contributed by atoms with E-state index in [1.165, 1.54) is 65.4 Å². The van der Waals surface area contributed by atoms with Gasteiger partial charge in [0.25, 0.3) is 0 Å². The summed E-state index contributed by atoms with van der Waals surface area (Å²) in [7, 11) is 2.85. The number of benzene rings is 2. The van der Waals surface area contributed by atoms with Gasteiger partial charge < -0.3 is 0 Å². The summed E-state index contributed by atoms with van der Waals surface area (Å²) in [4.78, 5) is 0. The van der Waals surface area contributed by atoms with Gasteiger partial charge in [-0.2, -0.15) is 0 Å². The van der Waals surface area contributed by atoms with Gasteiger partial charge >= 0.3 is 0 Å². The quantitative estimate of drug-likeness (QED) is 0.262. The van der Waals surface area contributed by atoms with Crippen LogP contribution in [-0.2, 0) is 32.5 Å². The van der Waals surface area contributed by atoms with Crippen LogP contribution in [0.3, 0.4) is 0 Å². The molecule has 0 atom stereocenters. The Morgan fingerprint density at radius 2 is 0.762 bits per heavy atom. The smallest absolute Gasteiger partial charge is 0.0138 e. The molecule has 1 heterocycles.